The molecule has 0 N–H and O–H groups in total. The van der Waals surface area contributed by atoms with Crippen LogP contribution in [0.5, 0.6) is 0 Å². The van der Waals surface area contributed by atoms with E-state index < -0.39 is 23.3 Å². The zero-order valence-corrected chi connectivity index (χ0v) is 6.10. The zero-order chi connectivity index (χ0) is 10.1. The lowest BCUT2D eigenvalue weighted by Gasteiger charge is -2.08. The zero-order valence-electron chi connectivity index (χ0n) is 6.10. The molecule has 0 spiro atoms. The molecular formula is C7H3F4NO. The van der Waals surface area contributed by atoms with Crippen molar-refractivity contribution in [2.45, 2.75) is 6.18 Å². The first kappa shape index (κ1) is 9.63. The van der Waals surface area contributed by atoms with Gasteiger partial charge >= 0.3 is 6.18 Å². The van der Waals surface area contributed by atoms with Crippen LogP contribution in [0.4, 0.5) is 17.6 Å². The summed E-state index contributed by atoms with van der Waals surface area (Å²) in [6, 6.07) is 0.548. The molecule has 0 saturated carbocycles. The van der Waals surface area contributed by atoms with Crippen LogP contribution in [0.1, 0.15) is 15.9 Å². The van der Waals surface area contributed by atoms with Crippen molar-refractivity contribution >= 4 is 6.29 Å². The highest BCUT2D eigenvalue weighted by Crippen LogP contribution is 2.31. The monoisotopic (exact) mass is 193 g/mol. The number of alkyl halides is 3. The van der Waals surface area contributed by atoms with Crippen LogP contribution in [0.25, 0.3) is 0 Å². The molecule has 0 aliphatic rings. The maximum absolute atomic E-state index is 12.5. The minimum absolute atomic E-state index is 0.203. The average Bonchev–Trinajstić information content (AvgIpc) is 2.02. The average molecular weight is 193 g/mol. The molecule has 1 heterocycles. The van der Waals surface area contributed by atoms with E-state index in [1.54, 1.807) is 0 Å². The maximum Gasteiger partial charge on any atom is 0.417 e. The van der Waals surface area contributed by atoms with Gasteiger partial charge < -0.3 is 0 Å². The van der Waals surface area contributed by atoms with E-state index in [4.69, 9.17) is 0 Å². The normalized spacial score (nSPS) is 11.4. The van der Waals surface area contributed by atoms with Gasteiger partial charge in [0.1, 0.15) is 0 Å². The Morgan fingerprint density at radius 3 is 2.38 bits per heavy atom. The molecule has 70 valence electrons. The first-order valence-corrected chi connectivity index (χ1v) is 3.13. The largest absolute Gasteiger partial charge is 0.417 e. The fourth-order valence-electron chi connectivity index (χ4n) is 0.807. The fraction of sp³-hybridized carbons (Fsp3) is 0.143. The summed E-state index contributed by atoms with van der Waals surface area (Å²) < 4.78 is 48.7. The van der Waals surface area contributed by atoms with Gasteiger partial charge in [-0.15, -0.1) is 0 Å². The number of hydrogen-bond donors (Lipinski definition) is 0. The van der Waals surface area contributed by atoms with Crippen molar-refractivity contribution in [3.63, 3.8) is 0 Å². The number of aldehydes is 1. The number of hydrogen-bond acceptors (Lipinski definition) is 2. The van der Waals surface area contributed by atoms with Crippen molar-refractivity contribution in [2.24, 2.45) is 0 Å². The molecule has 0 atom stereocenters. The molecular weight excluding hydrogens is 190 g/mol. The highest BCUT2D eigenvalue weighted by Gasteiger charge is 2.34. The lowest BCUT2D eigenvalue weighted by Crippen LogP contribution is -2.11. The fourth-order valence-corrected chi connectivity index (χ4v) is 0.807. The Bertz CT molecular complexity index is 334. The lowest BCUT2D eigenvalue weighted by atomic mass is 10.1. The van der Waals surface area contributed by atoms with Gasteiger partial charge in [-0.1, -0.05) is 0 Å². The summed E-state index contributed by atoms with van der Waals surface area (Å²) in [6.45, 7) is 0. The van der Waals surface area contributed by atoms with Crippen LogP contribution in [0.3, 0.4) is 0 Å². The molecule has 6 heteroatoms. The van der Waals surface area contributed by atoms with E-state index in [1.807, 2.05) is 0 Å². The molecule has 0 radical (unpaired) electrons. The van der Waals surface area contributed by atoms with Crippen LogP contribution < -0.4 is 0 Å². The van der Waals surface area contributed by atoms with E-state index in [1.165, 1.54) is 0 Å². The Balaban J connectivity index is 3.37. The Morgan fingerprint density at radius 2 is 2.00 bits per heavy atom. The first-order chi connectivity index (χ1) is 5.96. The summed E-state index contributed by atoms with van der Waals surface area (Å²) in [5, 5.41) is 0. The molecule has 0 aliphatic heterocycles. The Labute approximate surface area is 70.2 Å². The Hall–Kier alpha value is -1.46. The quantitative estimate of drug-likeness (QED) is 0.388. The second-order valence-electron chi connectivity index (χ2n) is 2.18. The number of carbonyl (C=O) groups excluding carboxylic acids is 1. The Kier molecular flexibility index (Phi) is 2.31. The summed E-state index contributed by atoms with van der Waals surface area (Å²) in [6.07, 6.45) is -4.28. The van der Waals surface area contributed by atoms with Gasteiger partial charge in [0.25, 0.3) is 0 Å². The Morgan fingerprint density at radius 1 is 1.38 bits per heavy atom. The summed E-state index contributed by atoms with van der Waals surface area (Å²) >= 11 is 0. The predicted octanol–water partition coefficient (Wildman–Crippen LogP) is 2.05. The molecule has 0 aromatic carbocycles. The number of aromatic nitrogens is 1. The predicted molar refractivity (Wildman–Crippen MR) is 34.6 cm³/mol. The van der Waals surface area contributed by atoms with E-state index in [-0.39, 0.29) is 6.29 Å². The minimum Gasteiger partial charge on any atom is -0.298 e. The molecule has 1 rings (SSSR count). The van der Waals surface area contributed by atoms with E-state index in [0.717, 1.165) is 0 Å². The summed E-state index contributed by atoms with van der Waals surface area (Å²) in [4.78, 5) is 13.0. The lowest BCUT2D eigenvalue weighted by molar-refractivity contribution is -0.138. The smallest absolute Gasteiger partial charge is 0.298 e. The van der Waals surface area contributed by atoms with Gasteiger partial charge in [-0.3, -0.25) is 4.79 Å². The van der Waals surface area contributed by atoms with E-state index in [0.29, 0.717) is 12.3 Å². The van der Waals surface area contributed by atoms with Gasteiger partial charge in [0.2, 0.25) is 5.95 Å². The minimum atomic E-state index is -4.74. The third kappa shape index (κ3) is 1.82. The molecule has 0 saturated heterocycles. The van der Waals surface area contributed by atoms with Gasteiger partial charge in [0.15, 0.2) is 6.29 Å². The molecule has 0 aliphatic carbocycles. The molecule has 0 unspecified atom stereocenters. The van der Waals surface area contributed by atoms with Crippen LogP contribution >= 0.6 is 0 Å². The molecule has 13 heavy (non-hydrogen) atoms. The van der Waals surface area contributed by atoms with Crippen molar-refractivity contribution in [2.75, 3.05) is 0 Å². The summed E-state index contributed by atoms with van der Waals surface area (Å²) in [5.74, 6) is -1.41. The van der Waals surface area contributed by atoms with Crippen molar-refractivity contribution in [1.29, 1.82) is 0 Å². The van der Waals surface area contributed by atoms with Gasteiger partial charge in [-0.25, -0.2) is 4.98 Å². The number of carbonyl (C=O) groups is 1. The summed E-state index contributed by atoms with van der Waals surface area (Å²) in [7, 11) is 0. The third-order valence-electron chi connectivity index (χ3n) is 1.36. The van der Waals surface area contributed by atoms with Crippen molar-refractivity contribution in [1.82, 2.24) is 4.98 Å². The van der Waals surface area contributed by atoms with E-state index >= 15 is 0 Å². The number of nitrogens with zero attached hydrogens (tertiary/aromatic N) is 1. The van der Waals surface area contributed by atoms with Crippen molar-refractivity contribution in [3.8, 4) is 0 Å². The van der Waals surface area contributed by atoms with Crippen LogP contribution in [-0.2, 0) is 6.18 Å². The summed E-state index contributed by atoms with van der Waals surface area (Å²) in [5.41, 5.74) is -2.37. The van der Waals surface area contributed by atoms with Crippen LogP contribution in [0, 0.1) is 5.95 Å². The first-order valence-electron chi connectivity index (χ1n) is 3.13. The second kappa shape index (κ2) is 3.12. The highest BCUT2D eigenvalue weighted by molar-refractivity contribution is 5.77. The van der Waals surface area contributed by atoms with Gasteiger partial charge in [-0.05, 0) is 6.07 Å². The van der Waals surface area contributed by atoms with Crippen LogP contribution in [0.2, 0.25) is 0 Å². The second-order valence-corrected chi connectivity index (χ2v) is 2.18. The maximum atomic E-state index is 12.5. The molecule has 0 bridgehead atoms. The SMILES string of the molecule is O=Cc1c(C(F)(F)F)ccnc1F. The molecule has 0 fully saturated rings. The third-order valence-corrected chi connectivity index (χ3v) is 1.36. The molecule has 2 nitrogen and oxygen atoms in total. The van der Waals surface area contributed by atoms with E-state index in [9.17, 15) is 22.4 Å². The molecule has 0 amide bonds. The van der Waals surface area contributed by atoms with Gasteiger partial charge in [-0.2, -0.15) is 17.6 Å². The van der Waals surface area contributed by atoms with Crippen LogP contribution in [0.15, 0.2) is 12.3 Å². The molecule has 1 aromatic rings. The highest BCUT2D eigenvalue weighted by atomic mass is 19.4. The number of rotatable bonds is 1. The number of pyridine rings is 1. The standard InChI is InChI=1S/C7H3F4NO/c8-6-4(3-13)5(1-2-12-6)7(9,10)11/h1-3H. The van der Waals surface area contributed by atoms with Crippen molar-refractivity contribution in [3.05, 3.63) is 29.3 Å². The van der Waals surface area contributed by atoms with E-state index in [2.05, 4.69) is 4.98 Å². The molecule has 1 aromatic heterocycles. The van der Waals surface area contributed by atoms with Gasteiger partial charge in [0, 0.05) is 6.20 Å². The van der Waals surface area contributed by atoms with Gasteiger partial charge in [0.05, 0.1) is 11.1 Å². The van der Waals surface area contributed by atoms with Crippen LogP contribution in [-0.4, -0.2) is 11.3 Å². The number of halogens is 4. The van der Waals surface area contributed by atoms with Crippen molar-refractivity contribution < 1.29 is 22.4 Å². The topological polar surface area (TPSA) is 30.0 Å².